The summed E-state index contributed by atoms with van der Waals surface area (Å²) in [7, 11) is 0. The third kappa shape index (κ3) is 6.32. The molecule has 0 saturated carbocycles. The lowest BCUT2D eigenvalue weighted by Crippen LogP contribution is -2.24. The van der Waals surface area contributed by atoms with Gasteiger partial charge >= 0.3 is 5.97 Å². The molecule has 28 heavy (non-hydrogen) atoms. The second kappa shape index (κ2) is 10.4. The second-order valence-corrected chi connectivity index (χ2v) is 6.30. The molecule has 0 unspecified atom stereocenters. The van der Waals surface area contributed by atoms with Crippen LogP contribution < -0.4 is 14.8 Å². The molecule has 0 bridgehead atoms. The van der Waals surface area contributed by atoms with Crippen LogP contribution in [0.1, 0.15) is 25.0 Å². The molecule has 2 N–H and O–H groups in total. The highest BCUT2D eigenvalue weighted by atomic mass is 35.5. The minimum atomic E-state index is -1.26. The van der Waals surface area contributed by atoms with Crippen molar-refractivity contribution in [3.8, 4) is 11.5 Å². The molecule has 6 nitrogen and oxygen atoms in total. The minimum absolute atomic E-state index is 0.260. The highest BCUT2D eigenvalue weighted by molar-refractivity contribution is 6.32. The van der Waals surface area contributed by atoms with Crippen LogP contribution in [0.2, 0.25) is 5.02 Å². The number of carboxylic acid groups (broad SMARTS) is 1. The Bertz CT molecular complexity index is 865. The quantitative estimate of drug-likeness (QED) is 0.620. The van der Waals surface area contributed by atoms with Gasteiger partial charge in [0.05, 0.1) is 18.2 Å². The molecule has 0 radical (unpaired) electrons. The molecular weight excluding hydrogens is 382 g/mol. The second-order valence-electron chi connectivity index (χ2n) is 5.89. The van der Waals surface area contributed by atoms with E-state index in [1.807, 2.05) is 37.3 Å². The predicted molar refractivity (Wildman–Crippen MR) is 108 cm³/mol. The first-order valence-electron chi connectivity index (χ1n) is 8.76. The van der Waals surface area contributed by atoms with Gasteiger partial charge in [0.25, 0.3) is 0 Å². The fourth-order valence-electron chi connectivity index (χ4n) is 2.50. The summed E-state index contributed by atoms with van der Waals surface area (Å²) in [5.74, 6) is -0.937. The number of ether oxygens (including phenoxy) is 2. The number of halogens is 1. The molecule has 0 aromatic heterocycles. The SMILES string of the molecule is CCOc1cc(C=C(NC(C)=O)C(=O)O)cc(Cl)c1OCCc1ccccc1. The van der Waals surface area contributed by atoms with Gasteiger partial charge < -0.3 is 19.9 Å². The molecular formula is C21H22ClNO5. The Kier molecular flexibility index (Phi) is 7.89. The van der Waals surface area contributed by atoms with Crippen LogP contribution in [-0.2, 0) is 16.0 Å². The Morgan fingerprint density at radius 2 is 1.89 bits per heavy atom. The molecule has 2 rings (SSSR count). The summed E-state index contributed by atoms with van der Waals surface area (Å²) in [6.45, 7) is 3.85. The number of carboxylic acids is 1. The molecule has 0 spiro atoms. The van der Waals surface area contributed by atoms with Crippen molar-refractivity contribution in [2.75, 3.05) is 13.2 Å². The molecule has 0 fully saturated rings. The number of carbonyl (C=O) groups excluding carboxylic acids is 1. The van der Waals surface area contributed by atoms with Crippen LogP contribution in [0.3, 0.4) is 0 Å². The number of hydrogen-bond acceptors (Lipinski definition) is 4. The van der Waals surface area contributed by atoms with E-state index in [1.54, 1.807) is 12.1 Å². The van der Waals surface area contributed by atoms with Crippen molar-refractivity contribution in [1.82, 2.24) is 5.32 Å². The molecule has 2 aromatic carbocycles. The van der Waals surface area contributed by atoms with Gasteiger partial charge in [-0.2, -0.15) is 0 Å². The molecule has 2 aromatic rings. The minimum Gasteiger partial charge on any atom is -0.490 e. The third-order valence-electron chi connectivity index (χ3n) is 3.66. The van der Waals surface area contributed by atoms with E-state index in [0.717, 1.165) is 5.56 Å². The Morgan fingerprint density at radius 3 is 2.50 bits per heavy atom. The van der Waals surface area contributed by atoms with E-state index >= 15 is 0 Å². The number of aliphatic carboxylic acids is 1. The lowest BCUT2D eigenvalue weighted by molar-refractivity contribution is -0.134. The Labute approximate surface area is 168 Å². The van der Waals surface area contributed by atoms with E-state index in [2.05, 4.69) is 5.32 Å². The van der Waals surface area contributed by atoms with E-state index in [0.29, 0.717) is 36.7 Å². The zero-order valence-corrected chi connectivity index (χ0v) is 16.5. The van der Waals surface area contributed by atoms with Crippen molar-refractivity contribution in [2.45, 2.75) is 20.3 Å². The van der Waals surface area contributed by atoms with E-state index in [9.17, 15) is 14.7 Å². The molecule has 0 aliphatic heterocycles. The zero-order chi connectivity index (χ0) is 20.5. The summed E-state index contributed by atoms with van der Waals surface area (Å²) in [5.41, 5.74) is 1.34. The summed E-state index contributed by atoms with van der Waals surface area (Å²) in [6, 6.07) is 13.1. The summed E-state index contributed by atoms with van der Waals surface area (Å²) in [6.07, 6.45) is 2.02. The molecule has 0 heterocycles. The lowest BCUT2D eigenvalue weighted by atomic mass is 10.1. The molecule has 0 saturated heterocycles. The van der Waals surface area contributed by atoms with Gasteiger partial charge in [0.15, 0.2) is 11.5 Å². The van der Waals surface area contributed by atoms with Crippen molar-refractivity contribution in [2.24, 2.45) is 0 Å². The van der Waals surface area contributed by atoms with E-state index in [4.69, 9.17) is 21.1 Å². The van der Waals surface area contributed by atoms with Gasteiger partial charge in [-0.1, -0.05) is 41.9 Å². The Morgan fingerprint density at radius 1 is 1.18 bits per heavy atom. The number of rotatable bonds is 9. The van der Waals surface area contributed by atoms with Crippen molar-refractivity contribution >= 4 is 29.6 Å². The van der Waals surface area contributed by atoms with Crippen LogP contribution in [0.4, 0.5) is 0 Å². The van der Waals surface area contributed by atoms with Crippen molar-refractivity contribution in [1.29, 1.82) is 0 Å². The van der Waals surface area contributed by atoms with Crippen LogP contribution >= 0.6 is 11.6 Å². The summed E-state index contributed by atoms with van der Waals surface area (Å²) in [5, 5.41) is 11.8. The normalized spacial score (nSPS) is 11.0. The first-order valence-corrected chi connectivity index (χ1v) is 9.14. The maximum absolute atomic E-state index is 11.3. The van der Waals surface area contributed by atoms with Gasteiger partial charge in [-0.05, 0) is 36.3 Å². The van der Waals surface area contributed by atoms with Gasteiger partial charge in [-0.25, -0.2) is 4.79 Å². The average Bonchev–Trinajstić information content (AvgIpc) is 2.64. The number of amides is 1. The van der Waals surface area contributed by atoms with Crippen LogP contribution in [0, 0.1) is 0 Å². The summed E-state index contributed by atoms with van der Waals surface area (Å²) >= 11 is 6.35. The predicted octanol–water partition coefficient (Wildman–Crippen LogP) is 3.92. The van der Waals surface area contributed by atoms with E-state index in [1.165, 1.54) is 13.0 Å². The van der Waals surface area contributed by atoms with E-state index in [-0.39, 0.29) is 10.7 Å². The number of benzene rings is 2. The Hall–Kier alpha value is -2.99. The van der Waals surface area contributed by atoms with Gasteiger partial charge in [-0.3, -0.25) is 4.79 Å². The van der Waals surface area contributed by atoms with Crippen LogP contribution in [0.15, 0.2) is 48.2 Å². The van der Waals surface area contributed by atoms with Gasteiger partial charge in [0, 0.05) is 13.3 Å². The fraction of sp³-hybridized carbons (Fsp3) is 0.238. The van der Waals surface area contributed by atoms with Gasteiger partial charge in [-0.15, -0.1) is 0 Å². The largest absolute Gasteiger partial charge is 0.490 e. The molecule has 1 amide bonds. The molecule has 0 aliphatic carbocycles. The molecule has 148 valence electrons. The molecule has 0 aliphatic rings. The average molecular weight is 404 g/mol. The third-order valence-corrected chi connectivity index (χ3v) is 3.94. The number of hydrogen-bond donors (Lipinski definition) is 2. The monoisotopic (exact) mass is 403 g/mol. The van der Waals surface area contributed by atoms with Crippen LogP contribution in [-0.4, -0.2) is 30.2 Å². The van der Waals surface area contributed by atoms with Crippen molar-refractivity contribution < 1.29 is 24.2 Å². The van der Waals surface area contributed by atoms with Crippen molar-refractivity contribution in [3.63, 3.8) is 0 Å². The van der Waals surface area contributed by atoms with Gasteiger partial charge in [0.1, 0.15) is 5.70 Å². The van der Waals surface area contributed by atoms with E-state index < -0.39 is 11.9 Å². The van der Waals surface area contributed by atoms with Crippen molar-refractivity contribution in [3.05, 3.63) is 64.3 Å². The maximum atomic E-state index is 11.3. The number of nitrogens with one attached hydrogen (secondary N) is 1. The first kappa shape index (κ1) is 21.3. The highest BCUT2D eigenvalue weighted by Gasteiger charge is 2.14. The highest BCUT2D eigenvalue weighted by Crippen LogP contribution is 2.37. The molecule has 0 atom stereocenters. The Balaban J connectivity index is 2.24. The summed E-state index contributed by atoms with van der Waals surface area (Å²) < 4.78 is 11.4. The standard InChI is InChI=1S/C21H22ClNO5/c1-3-27-19-13-16(12-18(21(25)26)23-14(2)24)11-17(22)20(19)28-10-9-15-7-5-4-6-8-15/h4-8,11-13H,3,9-10H2,1-2H3,(H,23,24)(H,25,26). The first-order chi connectivity index (χ1) is 13.4. The lowest BCUT2D eigenvalue weighted by Gasteiger charge is -2.15. The smallest absolute Gasteiger partial charge is 0.352 e. The summed E-state index contributed by atoms with van der Waals surface area (Å²) in [4.78, 5) is 22.5. The topological polar surface area (TPSA) is 84.9 Å². The number of carbonyl (C=O) groups is 2. The fourth-order valence-corrected chi connectivity index (χ4v) is 2.77. The molecule has 7 heteroatoms. The van der Waals surface area contributed by atoms with Crippen LogP contribution in [0.25, 0.3) is 6.08 Å². The zero-order valence-electron chi connectivity index (χ0n) is 15.7. The van der Waals surface area contributed by atoms with Crippen LogP contribution in [0.5, 0.6) is 11.5 Å². The maximum Gasteiger partial charge on any atom is 0.352 e. The van der Waals surface area contributed by atoms with Gasteiger partial charge in [0.2, 0.25) is 5.91 Å².